The third-order valence-corrected chi connectivity index (χ3v) is 5.13. The predicted octanol–water partition coefficient (Wildman–Crippen LogP) is 2.13. The van der Waals surface area contributed by atoms with Gasteiger partial charge in [-0.05, 0) is 37.3 Å². The molecule has 3 rings (SSSR count). The van der Waals surface area contributed by atoms with Crippen molar-refractivity contribution >= 4 is 6.03 Å². The summed E-state index contributed by atoms with van der Waals surface area (Å²) in [6.07, 6.45) is 7.10. The molecule has 1 fully saturated rings. The molecule has 0 aromatic heterocycles. The number of benzene rings is 1. The van der Waals surface area contributed by atoms with Crippen molar-refractivity contribution < 1.29 is 9.90 Å². The maximum atomic E-state index is 12.1. The van der Waals surface area contributed by atoms with E-state index >= 15 is 0 Å². The van der Waals surface area contributed by atoms with Gasteiger partial charge in [-0.15, -0.1) is 0 Å². The average molecular weight is 343 g/mol. The molecular formula is C20H29N3O2. The molecule has 2 aliphatic rings. The Kier molecular flexibility index (Phi) is 6.48. The molecule has 25 heavy (non-hydrogen) atoms. The summed E-state index contributed by atoms with van der Waals surface area (Å²) in [5.41, 5.74) is 1.35. The zero-order chi connectivity index (χ0) is 17.5. The molecule has 5 nitrogen and oxygen atoms in total. The van der Waals surface area contributed by atoms with Gasteiger partial charge in [0.05, 0.1) is 0 Å². The van der Waals surface area contributed by atoms with Gasteiger partial charge in [0.1, 0.15) is 0 Å². The zero-order valence-corrected chi connectivity index (χ0v) is 14.7. The molecule has 0 saturated carbocycles. The SMILES string of the molecule is O=C(NC[C@@H]1CCCN(Cc2ccccc2)C1)N[C@@H]1C=C[C@H](CO)C1. The summed E-state index contributed by atoms with van der Waals surface area (Å²) in [5.74, 6) is 0.683. The summed E-state index contributed by atoms with van der Waals surface area (Å²) in [5, 5.41) is 15.1. The van der Waals surface area contributed by atoms with Crippen LogP contribution in [0.1, 0.15) is 24.8 Å². The van der Waals surface area contributed by atoms with Crippen molar-refractivity contribution in [3.63, 3.8) is 0 Å². The number of urea groups is 1. The highest BCUT2D eigenvalue weighted by Crippen LogP contribution is 2.19. The van der Waals surface area contributed by atoms with Gasteiger partial charge in [-0.1, -0.05) is 42.5 Å². The van der Waals surface area contributed by atoms with Crippen LogP contribution in [0.25, 0.3) is 0 Å². The minimum absolute atomic E-state index is 0.0399. The Bertz CT molecular complexity index is 576. The Morgan fingerprint density at radius 3 is 2.84 bits per heavy atom. The molecule has 3 atom stereocenters. The van der Waals surface area contributed by atoms with Crippen LogP contribution in [0.2, 0.25) is 0 Å². The molecule has 136 valence electrons. The molecule has 0 radical (unpaired) electrons. The van der Waals surface area contributed by atoms with E-state index in [-0.39, 0.29) is 24.6 Å². The van der Waals surface area contributed by atoms with E-state index in [4.69, 9.17) is 5.11 Å². The van der Waals surface area contributed by atoms with E-state index in [9.17, 15) is 4.79 Å². The van der Waals surface area contributed by atoms with Crippen LogP contribution in [0.15, 0.2) is 42.5 Å². The van der Waals surface area contributed by atoms with Crippen molar-refractivity contribution in [2.45, 2.75) is 31.8 Å². The first-order valence-corrected chi connectivity index (χ1v) is 9.32. The number of hydrogen-bond acceptors (Lipinski definition) is 3. The lowest BCUT2D eigenvalue weighted by Crippen LogP contribution is -2.45. The average Bonchev–Trinajstić information content (AvgIpc) is 3.09. The summed E-state index contributed by atoms with van der Waals surface area (Å²) in [6.45, 7) is 4.02. The molecule has 2 amide bonds. The summed E-state index contributed by atoms with van der Waals surface area (Å²) < 4.78 is 0. The van der Waals surface area contributed by atoms with Crippen LogP contribution < -0.4 is 10.6 Å². The number of likely N-dealkylation sites (tertiary alicyclic amines) is 1. The van der Waals surface area contributed by atoms with Crippen molar-refractivity contribution in [2.75, 3.05) is 26.2 Å². The van der Waals surface area contributed by atoms with Crippen LogP contribution in [0.3, 0.4) is 0 Å². The number of hydrogen-bond donors (Lipinski definition) is 3. The highest BCUT2D eigenvalue weighted by Gasteiger charge is 2.22. The maximum absolute atomic E-state index is 12.1. The predicted molar refractivity (Wildman–Crippen MR) is 99.1 cm³/mol. The number of aliphatic hydroxyl groups excluding tert-OH is 1. The van der Waals surface area contributed by atoms with E-state index in [1.807, 2.05) is 18.2 Å². The van der Waals surface area contributed by atoms with E-state index in [0.717, 1.165) is 32.6 Å². The van der Waals surface area contributed by atoms with E-state index < -0.39 is 0 Å². The number of nitrogens with zero attached hydrogens (tertiary/aromatic N) is 1. The Balaban J connectivity index is 1.38. The minimum Gasteiger partial charge on any atom is -0.396 e. The van der Waals surface area contributed by atoms with Crippen molar-refractivity contribution in [1.82, 2.24) is 15.5 Å². The zero-order valence-electron chi connectivity index (χ0n) is 14.7. The molecule has 1 aliphatic carbocycles. The second kappa shape index (κ2) is 9.02. The molecule has 1 saturated heterocycles. The summed E-state index contributed by atoms with van der Waals surface area (Å²) in [4.78, 5) is 14.6. The summed E-state index contributed by atoms with van der Waals surface area (Å²) in [6, 6.07) is 10.5. The second-order valence-electron chi connectivity index (χ2n) is 7.25. The van der Waals surface area contributed by atoms with Gasteiger partial charge >= 0.3 is 6.03 Å². The number of piperidine rings is 1. The van der Waals surface area contributed by atoms with Gasteiger partial charge < -0.3 is 15.7 Å². The van der Waals surface area contributed by atoms with Crippen LogP contribution in [0.4, 0.5) is 4.79 Å². The lowest BCUT2D eigenvalue weighted by Gasteiger charge is -2.33. The summed E-state index contributed by atoms with van der Waals surface area (Å²) >= 11 is 0. The number of rotatable bonds is 6. The van der Waals surface area contributed by atoms with Crippen molar-refractivity contribution in [3.8, 4) is 0 Å². The number of nitrogens with one attached hydrogen (secondary N) is 2. The standard InChI is InChI=1S/C20H29N3O2/c24-15-17-8-9-19(11-17)22-20(25)21-12-18-7-4-10-23(14-18)13-16-5-2-1-3-6-16/h1-3,5-6,8-9,17-19,24H,4,7,10-15H2,(H2,21,22,25)/t17-,18-,19+/m0/s1. The molecular weight excluding hydrogens is 314 g/mol. The van der Waals surface area contributed by atoms with E-state index in [2.05, 4.69) is 39.8 Å². The molecule has 0 spiro atoms. The van der Waals surface area contributed by atoms with Crippen LogP contribution in [0.5, 0.6) is 0 Å². The summed E-state index contributed by atoms with van der Waals surface area (Å²) in [7, 11) is 0. The fourth-order valence-corrected chi connectivity index (χ4v) is 3.78. The van der Waals surface area contributed by atoms with Crippen LogP contribution in [0, 0.1) is 11.8 Å². The number of carbonyl (C=O) groups is 1. The molecule has 3 N–H and O–H groups in total. The third kappa shape index (κ3) is 5.58. The fraction of sp³-hybridized carbons (Fsp3) is 0.550. The first-order valence-electron chi connectivity index (χ1n) is 9.32. The fourth-order valence-electron chi connectivity index (χ4n) is 3.78. The molecule has 1 heterocycles. The quantitative estimate of drug-likeness (QED) is 0.694. The van der Waals surface area contributed by atoms with Crippen molar-refractivity contribution in [3.05, 3.63) is 48.0 Å². The Morgan fingerprint density at radius 2 is 2.08 bits per heavy atom. The number of aliphatic hydroxyl groups is 1. The minimum atomic E-state index is -0.103. The maximum Gasteiger partial charge on any atom is 0.315 e. The normalized spacial score (nSPS) is 26.5. The largest absolute Gasteiger partial charge is 0.396 e. The Labute approximate surface area is 150 Å². The molecule has 0 bridgehead atoms. The van der Waals surface area contributed by atoms with Gasteiger partial charge in [0.25, 0.3) is 0 Å². The molecule has 0 unspecified atom stereocenters. The van der Waals surface area contributed by atoms with Gasteiger partial charge in [0.2, 0.25) is 0 Å². The molecule has 1 aromatic rings. The monoisotopic (exact) mass is 343 g/mol. The van der Waals surface area contributed by atoms with Gasteiger partial charge in [-0.2, -0.15) is 0 Å². The van der Waals surface area contributed by atoms with Crippen molar-refractivity contribution in [2.24, 2.45) is 11.8 Å². The van der Waals surface area contributed by atoms with Gasteiger partial charge in [-0.25, -0.2) is 4.79 Å². The molecule has 5 heteroatoms. The van der Waals surface area contributed by atoms with Gasteiger partial charge in [-0.3, -0.25) is 4.90 Å². The Morgan fingerprint density at radius 1 is 1.24 bits per heavy atom. The van der Waals surface area contributed by atoms with Crippen molar-refractivity contribution in [1.29, 1.82) is 0 Å². The smallest absolute Gasteiger partial charge is 0.315 e. The van der Waals surface area contributed by atoms with Gasteiger partial charge in [0, 0.05) is 38.2 Å². The first kappa shape index (κ1) is 18.0. The Hall–Kier alpha value is -1.85. The first-order chi connectivity index (χ1) is 12.2. The topological polar surface area (TPSA) is 64.6 Å². The molecule has 1 aliphatic heterocycles. The highest BCUT2D eigenvalue weighted by molar-refractivity contribution is 5.74. The highest BCUT2D eigenvalue weighted by atomic mass is 16.3. The third-order valence-electron chi connectivity index (χ3n) is 5.13. The van der Waals surface area contributed by atoms with Crippen LogP contribution >= 0.6 is 0 Å². The van der Waals surface area contributed by atoms with E-state index in [1.165, 1.54) is 18.4 Å². The van der Waals surface area contributed by atoms with Gasteiger partial charge in [0.15, 0.2) is 0 Å². The number of carbonyl (C=O) groups excluding carboxylic acids is 1. The van der Waals surface area contributed by atoms with E-state index in [1.54, 1.807) is 0 Å². The van der Waals surface area contributed by atoms with Crippen LogP contribution in [-0.2, 0) is 6.54 Å². The van der Waals surface area contributed by atoms with E-state index in [0.29, 0.717) is 5.92 Å². The lowest BCUT2D eigenvalue weighted by atomic mass is 9.97. The van der Waals surface area contributed by atoms with Crippen LogP contribution in [-0.4, -0.2) is 48.3 Å². The molecule has 1 aromatic carbocycles. The second-order valence-corrected chi connectivity index (χ2v) is 7.25. The number of amides is 2. The lowest BCUT2D eigenvalue weighted by molar-refractivity contribution is 0.165.